The van der Waals surface area contributed by atoms with Crippen molar-refractivity contribution in [2.75, 3.05) is 0 Å². The zero-order chi connectivity index (χ0) is 22.8. The molecule has 0 aliphatic rings. The van der Waals surface area contributed by atoms with E-state index in [0.29, 0.717) is 5.56 Å². The predicted octanol–water partition coefficient (Wildman–Crippen LogP) is 4.30. The van der Waals surface area contributed by atoms with Crippen molar-refractivity contribution in [1.29, 1.82) is 0 Å². The van der Waals surface area contributed by atoms with E-state index in [1.165, 1.54) is 30.3 Å². The van der Waals surface area contributed by atoms with Gasteiger partial charge in [0.1, 0.15) is 11.3 Å². The maximum Gasteiger partial charge on any atom is 0.387 e. The summed E-state index contributed by atoms with van der Waals surface area (Å²) in [5.74, 6) is -1.11. The molecular formula is C25H22F2N2O3. The molecule has 0 radical (unpaired) electrons. The molecule has 0 aliphatic carbocycles. The molecule has 164 valence electrons. The van der Waals surface area contributed by atoms with Crippen molar-refractivity contribution in [3.8, 4) is 5.75 Å². The highest BCUT2D eigenvalue weighted by Gasteiger charge is 2.18. The molecular weight excluding hydrogens is 414 g/mol. The van der Waals surface area contributed by atoms with Gasteiger partial charge in [0.05, 0.1) is 0 Å². The molecule has 0 heterocycles. The van der Waals surface area contributed by atoms with E-state index in [1.807, 2.05) is 60.7 Å². The normalized spacial score (nSPS) is 10.3. The van der Waals surface area contributed by atoms with Crippen LogP contribution in [0.1, 0.15) is 16.7 Å². The Morgan fingerprint density at radius 1 is 0.750 bits per heavy atom. The number of amides is 2. The number of alkyl halides is 2. The predicted molar refractivity (Wildman–Crippen MR) is 118 cm³/mol. The molecule has 0 atom stereocenters. The van der Waals surface area contributed by atoms with Gasteiger partial charge in [-0.2, -0.15) is 8.78 Å². The first-order valence-electron chi connectivity index (χ1n) is 9.92. The smallest absolute Gasteiger partial charge is 0.387 e. The van der Waals surface area contributed by atoms with E-state index in [-0.39, 0.29) is 24.4 Å². The summed E-state index contributed by atoms with van der Waals surface area (Å²) in [5, 5.41) is 5.49. The van der Waals surface area contributed by atoms with Crippen molar-refractivity contribution in [2.24, 2.45) is 0 Å². The molecule has 5 nitrogen and oxygen atoms in total. The fourth-order valence-corrected chi connectivity index (χ4v) is 2.89. The third-order valence-corrected chi connectivity index (χ3v) is 4.50. The van der Waals surface area contributed by atoms with Crippen molar-refractivity contribution in [3.63, 3.8) is 0 Å². The van der Waals surface area contributed by atoms with Gasteiger partial charge in [-0.05, 0) is 34.9 Å². The van der Waals surface area contributed by atoms with Gasteiger partial charge < -0.3 is 15.4 Å². The number of rotatable bonds is 9. The summed E-state index contributed by atoms with van der Waals surface area (Å²) >= 11 is 0. The lowest BCUT2D eigenvalue weighted by atomic mass is 10.1. The van der Waals surface area contributed by atoms with Crippen LogP contribution in [0.25, 0.3) is 6.08 Å². The molecule has 3 aromatic rings. The Hall–Kier alpha value is -4.00. The third-order valence-electron chi connectivity index (χ3n) is 4.50. The number of hydrogen-bond donors (Lipinski definition) is 2. The van der Waals surface area contributed by atoms with Gasteiger partial charge in [0.15, 0.2) is 0 Å². The van der Waals surface area contributed by atoms with E-state index in [4.69, 9.17) is 0 Å². The summed E-state index contributed by atoms with van der Waals surface area (Å²) < 4.78 is 29.0. The topological polar surface area (TPSA) is 67.4 Å². The van der Waals surface area contributed by atoms with E-state index in [9.17, 15) is 18.4 Å². The van der Waals surface area contributed by atoms with Crippen molar-refractivity contribution in [3.05, 3.63) is 107 Å². The Morgan fingerprint density at radius 3 is 1.66 bits per heavy atom. The Morgan fingerprint density at radius 2 is 1.22 bits per heavy atom. The molecule has 7 heteroatoms. The highest BCUT2D eigenvalue weighted by atomic mass is 19.3. The minimum Gasteiger partial charge on any atom is -0.435 e. The Balaban J connectivity index is 1.76. The van der Waals surface area contributed by atoms with Crippen molar-refractivity contribution < 1.29 is 23.1 Å². The summed E-state index contributed by atoms with van der Waals surface area (Å²) in [4.78, 5) is 25.6. The number of hydrogen-bond acceptors (Lipinski definition) is 3. The maximum atomic E-state index is 12.8. The first-order valence-corrected chi connectivity index (χ1v) is 9.92. The molecule has 3 rings (SSSR count). The van der Waals surface area contributed by atoms with Gasteiger partial charge in [0.2, 0.25) is 0 Å². The number of carbonyl (C=O) groups is 2. The Kier molecular flexibility index (Phi) is 8.09. The Bertz CT molecular complexity index is 996. The highest BCUT2D eigenvalue weighted by Crippen LogP contribution is 2.17. The first kappa shape index (κ1) is 22.7. The molecule has 0 spiro atoms. The van der Waals surface area contributed by atoms with Crippen LogP contribution in [0.15, 0.2) is 90.5 Å². The zero-order valence-electron chi connectivity index (χ0n) is 17.1. The second-order valence-electron chi connectivity index (χ2n) is 6.84. The maximum absolute atomic E-state index is 12.8. The van der Waals surface area contributed by atoms with Crippen LogP contribution in [0, 0.1) is 0 Å². The van der Waals surface area contributed by atoms with Crippen LogP contribution in [0.4, 0.5) is 8.78 Å². The van der Waals surface area contributed by atoms with Gasteiger partial charge >= 0.3 is 6.61 Å². The van der Waals surface area contributed by atoms with E-state index < -0.39 is 18.4 Å². The van der Waals surface area contributed by atoms with Crippen LogP contribution in [0.2, 0.25) is 0 Å². The van der Waals surface area contributed by atoms with Crippen molar-refractivity contribution >= 4 is 17.9 Å². The summed E-state index contributed by atoms with van der Waals surface area (Å²) in [6.07, 6.45) is 1.41. The molecule has 0 fully saturated rings. The first-order chi connectivity index (χ1) is 15.5. The number of carbonyl (C=O) groups excluding carboxylic acids is 2. The molecule has 0 saturated heterocycles. The highest BCUT2D eigenvalue weighted by molar-refractivity contribution is 6.21. The zero-order valence-corrected chi connectivity index (χ0v) is 17.1. The minimum absolute atomic E-state index is 0.0132. The summed E-state index contributed by atoms with van der Waals surface area (Å²) in [7, 11) is 0. The third kappa shape index (κ3) is 7.05. The molecule has 0 aromatic heterocycles. The SMILES string of the molecule is O=C(NCc1ccccc1)C(=Cc1ccc(OC(F)F)cc1)C(=O)NCc1ccccc1. The van der Waals surface area contributed by atoms with Crippen molar-refractivity contribution in [1.82, 2.24) is 10.6 Å². The molecule has 2 amide bonds. The monoisotopic (exact) mass is 436 g/mol. The molecule has 0 saturated carbocycles. The van der Waals surface area contributed by atoms with Gasteiger partial charge in [-0.3, -0.25) is 9.59 Å². The van der Waals surface area contributed by atoms with E-state index in [1.54, 1.807) is 0 Å². The molecule has 32 heavy (non-hydrogen) atoms. The molecule has 0 bridgehead atoms. The van der Waals surface area contributed by atoms with Gasteiger partial charge in [-0.1, -0.05) is 72.8 Å². The summed E-state index contributed by atoms with van der Waals surface area (Å²) in [6, 6.07) is 24.3. The number of nitrogens with one attached hydrogen (secondary N) is 2. The van der Waals surface area contributed by atoms with E-state index >= 15 is 0 Å². The fraction of sp³-hybridized carbons (Fsp3) is 0.120. The number of benzene rings is 3. The molecule has 3 aromatic carbocycles. The van der Waals surface area contributed by atoms with Crippen LogP contribution in [0.5, 0.6) is 5.75 Å². The lowest BCUT2D eigenvalue weighted by Gasteiger charge is -2.11. The number of ether oxygens (including phenoxy) is 1. The van der Waals surface area contributed by atoms with Crippen LogP contribution >= 0.6 is 0 Å². The Labute approximate surface area is 184 Å². The van der Waals surface area contributed by atoms with Crippen LogP contribution in [0.3, 0.4) is 0 Å². The summed E-state index contributed by atoms with van der Waals surface area (Å²) in [5.41, 5.74) is 2.17. The van der Waals surface area contributed by atoms with Crippen LogP contribution in [-0.2, 0) is 22.7 Å². The minimum atomic E-state index is -2.93. The standard InChI is InChI=1S/C25H22F2N2O3/c26-25(27)32-21-13-11-18(12-14-21)15-22(23(30)28-16-19-7-3-1-4-8-19)24(31)29-17-20-9-5-2-6-10-20/h1-15,25H,16-17H2,(H,28,30)(H,29,31). The van der Waals surface area contributed by atoms with Crippen molar-refractivity contribution in [2.45, 2.75) is 19.7 Å². The second kappa shape index (κ2) is 11.4. The van der Waals surface area contributed by atoms with E-state index in [0.717, 1.165) is 11.1 Å². The van der Waals surface area contributed by atoms with Gasteiger partial charge in [-0.25, -0.2) is 0 Å². The quantitative estimate of drug-likeness (QED) is 0.299. The second-order valence-corrected chi connectivity index (χ2v) is 6.84. The molecule has 2 N–H and O–H groups in total. The lowest BCUT2D eigenvalue weighted by molar-refractivity contribution is -0.123. The summed E-state index contributed by atoms with van der Waals surface area (Å²) in [6.45, 7) is -2.42. The van der Waals surface area contributed by atoms with Crippen LogP contribution in [-0.4, -0.2) is 18.4 Å². The van der Waals surface area contributed by atoms with Crippen LogP contribution < -0.4 is 15.4 Å². The van der Waals surface area contributed by atoms with Gasteiger partial charge in [0, 0.05) is 13.1 Å². The number of halogens is 2. The van der Waals surface area contributed by atoms with Gasteiger partial charge in [0.25, 0.3) is 11.8 Å². The van der Waals surface area contributed by atoms with Gasteiger partial charge in [-0.15, -0.1) is 0 Å². The molecule has 0 unspecified atom stereocenters. The average molecular weight is 436 g/mol. The lowest BCUT2D eigenvalue weighted by Crippen LogP contribution is -2.34. The van der Waals surface area contributed by atoms with E-state index in [2.05, 4.69) is 15.4 Å². The fourth-order valence-electron chi connectivity index (χ4n) is 2.89. The average Bonchev–Trinajstić information content (AvgIpc) is 2.81. The largest absolute Gasteiger partial charge is 0.435 e. The molecule has 0 aliphatic heterocycles.